The minimum absolute atomic E-state index is 0.0580. The number of nitrogens with zero attached hydrogens (tertiary/aromatic N) is 2. The van der Waals surface area contributed by atoms with Crippen LogP contribution in [0.1, 0.15) is 11.1 Å². The summed E-state index contributed by atoms with van der Waals surface area (Å²) < 4.78 is 0. The fraction of sp³-hybridized carbons (Fsp3) is 0.300. The molecule has 6 heteroatoms. The number of nitrogen functional groups attached to an aromatic ring is 1. The lowest BCUT2D eigenvalue weighted by atomic mass is 10.0. The Kier molecular flexibility index (Phi) is 2.93. The Morgan fingerprint density at radius 3 is 3.06 bits per heavy atom. The maximum absolute atomic E-state index is 9.27. The third kappa shape index (κ3) is 1.93. The molecule has 5 N–H and O–H groups in total. The van der Waals surface area contributed by atoms with Gasteiger partial charge < -0.3 is 16.2 Å². The Labute approximate surface area is 92.9 Å². The molecule has 0 saturated heterocycles. The number of nitrogens with two attached hydrogens (primary N) is 1. The second-order valence-electron chi connectivity index (χ2n) is 3.52. The molecule has 0 aliphatic carbocycles. The molecule has 0 atom stereocenters. The Bertz CT molecular complexity index is 420. The summed E-state index contributed by atoms with van der Waals surface area (Å²) in [5, 5.41) is 25.7. The molecule has 0 bridgehead atoms. The summed E-state index contributed by atoms with van der Waals surface area (Å²) in [7, 11) is 0. The van der Waals surface area contributed by atoms with E-state index in [1.165, 1.54) is 0 Å². The van der Waals surface area contributed by atoms with Crippen LogP contribution in [-0.4, -0.2) is 34.9 Å². The van der Waals surface area contributed by atoms with E-state index in [-0.39, 0.29) is 13.2 Å². The van der Waals surface area contributed by atoms with Crippen LogP contribution in [0.15, 0.2) is 17.2 Å². The van der Waals surface area contributed by atoms with E-state index in [1.54, 1.807) is 12.3 Å². The number of anilines is 2. The summed E-state index contributed by atoms with van der Waals surface area (Å²) in [4.78, 5) is 0. The zero-order valence-electron chi connectivity index (χ0n) is 8.72. The van der Waals surface area contributed by atoms with Gasteiger partial charge in [-0.1, -0.05) is 0 Å². The lowest BCUT2D eigenvalue weighted by Crippen LogP contribution is -2.20. The van der Waals surface area contributed by atoms with E-state index in [1.807, 2.05) is 6.07 Å². The minimum Gasteiger partial charge on any atom is -0.398 e. The first-order chi connectivity index (χ1) is 7.72. The third-order valence-corrected chi connectivity index (χ3v) is 2.44. The Balaban J connectivity index is 2.37. The van der Waals surface area contributed by atoms with Crippen LogP contribution < -0.4 is 11.1 Å². The summed E-state index contributed by atoms with van der Waals surface area (Å²) in [5.74, 6) is 0. The van der Waals surface area contributed by atoms with Crippen LogP contribution in [0.25, 0.3) is 0 Å². The van der Waals surface area contributed by atoms with Gasteiger partial charge in [0.15, 0.2) is 0 Å². The number of benzene rings is 1. The maximum Gasteiger partial charge on any atom is 0.0923 e. The van der Waals surface area contributed by atoms with Crippen molar-refractivity contribution < 1.29 is 10.3 Å². The van der Waals surface area contributed by atoms with Crippen LogP contribution in [0.3, 0.4) is 0 Å². The summed E-state index contributed by atoms with van der Waals surface area (Å²) in [6, 6.07) is 3.61. The average molecular weight is 222 g/mol. The number of nitrogens with one attached hydrogen (secondary N) is 1. The van der Waals surface area contributed by atoms with Crippen molar-refractivity contribution in [2.75, 3.05) is 24.2 Å². The van der Waals surface area contributed by atoms with Crippen molar-refractivity contribution in [1.82, 2.24) is 5.17 Å². The summed E-state index contributed by atoms with van der Waals surface area (Å²) in [6.45, 7) is 0.793. The summed E-state index contributed by atoms with van der Waals surface area (Å²) in [6.07, 6.45) is 1.55. The van der Waals surface area contributed by atoms with Crippen LogP contribution in [0, 0.1) is 0 Å². The van der Waals surface area contributed by atoms with Gasteiger partial charge in [-0.05, 0) is 12.1 Å². The van der Waals surface area contributed by atoms with Gasteiger partial charge in [-0.15, -0.1) is 0 Å². The molecule has 86 valence electrons. The zero-order chi connectivity index (χ0) is 11.5. The molecule has 6 nitrogen and oxygen atoms in total. The van der Waals surface area contributed by atoms with Gasteiger partial charge in [-0.2, -0.15) is 10.3 Å². The summed E-state index contributed by atoms with van der Waals surface area (Å²) in [5.41, 5.74) is 8.99. The van der Waals surface area contributed by atoms with Crippen LogP contribution in [0.5, 0.6) is 0 Å². The van der Waals surface area contributed by atoms with E-state index in [0.29, 0.717) is 12.2 Å². The van der Waals surface area contributed by atoms with Crippen molar-refractivity contribution in [2.45, 2.75) is 6.54 Å². The fourth-order valence-corrected chi connectivity index (χ4v) is 1.66. The van der Waals surface area contributed by atoms with E-state index >= 15 is 0 Å². The SMILES string of the molecule is Nc1ccc(NCCO)c2c1CN(O)N=C2. The Hall–Kier alpha value is -1.79. The van der Waals surface area contributed by atoms with Crippen LogP contribution in [-0.2, 0) is 6.54 Å². The maximum atomic E-state index is 9.27. The molecule has 0 radical (unpaired) electrons. The van der Waals surface area contributed by atoms with Crippen molar-refractivity contribution in [3.05, 3.63) is 23.3 Å². The predicted molar refractivity (Wildman–Crippen MR) is 61.4 cm³/mol. The summed E-state index contributed by atoms with van der Waals surface area (Å²) >= 11 is 0. The number of fused-ring (bicyclic) bond motifs is 1. The van der Waals surface area contributed by atoms with Crippen molar-refractivity contribution in [2.24, 2.45) is 5.10 Å². The number of hydrazone groups is 1. The number of hydroxylamine groups is 1. The number of hydrogen-bond acceptors (Lipinski definition) is 6. The van der Waals surface area contributed by atoms with Gasteiger partial charge in [-0.25, -0.2) is 0 Å². The molecule has 1 heterocycles. The van der Waals surface area contributed by atoms with Gasteiger partial charge in [0.2, 0.25) is 0 Å². The van der Waals surface area contributed by atoms with Crippen molar-refractivity contribution >= 4 is 17.6 Å². The molecule has 0 unspecified atom stereocenters. The fourth-order valence-electron chi connectivity index (χ4n) is 1.66. The first kappa shape index (κ1) is 10.7. The second kappa shape index (κ2) is 4.38. The van der Waals surface area contributed by atoms with Crippen LogP contribution >= 0.6 is 0 Å². The van der Waals surface area contributed by atoms with Crippen LogP contribution in [0.4, 0.5) is 11.4 Å². The van der Waals surface area contributed by atoms with Gasteiger partial charge in [0.25, 0.3) is 0 Å². The van der Waals surface area contributed by atoms with Gasteiger partial charge in [0.1, 0.15) is 0 Å². The number of rotatable bonds is 3. The highest BCUT2D eigenvalue weighted by atomic mass is 16.5. The van der Waals surface area contributed by atoms with Crippen LogP contribution in [0.2, 0.25) is 0 Å². The quantitative estimate of drug-likeness (QED) is 0.548. The van der Waals surface area contributed by atoms with Crippen molar-refractivity contribution in [1.29, 1.82) is 0 Å². The lowest BCUT2D eigenvalue weighted by molar-refractivity contribution is -0.0988. The topological polar surface area (TPSA) is 94.1 Å². The molecule has 1 aliphatic heterocycles. The second-order valence-corrected chi connectivity index (χ2v) is 3.52. The monoisotopic (exact) mass is 222 g/mol. The molecule has 1 aromatic rings. The Morgan fingerprint density at radius 1 is 1.50 bits per heavy atom. The molecule has 1 aromatic carbocycles. The highest BCUT2D eigenvalue weighted by molar-refractivity contribution is 5.92. The molecular weight excluding hydrogens is 208 g/mol. The molecule has 1 aliphatic rings. The number of aliphatic hydroxyl groups is 1. The van der Waals surface area contributed by atoms with Gasteiger partial charge in [0, 0.05) is 29.0 Å². The predicted octanol–water partition coefficient (Wildman–Crippen LogP) is 0.212. The molecule has 0 spiro atoms. The standard InChI is InChI=1S/C10H14N4O2/c11-9-1-2-10(12-3-4-15)7-5-13-14(16)6-8(7)9/h1-2,5,12,15-16H,3-4,6,11H2. The molecule has 0 fully saturated rings. The normalized spacial score (nSPS) is 13.8. The van der Waals surface area contributed by atoms with Crippen molar-refractivity contribution in [3.8, 4) is 0 Å². The number of hydrogen-bond donors (Lipinski definition) is 4. The highest BCUT2D eigenvalue weighted by Crippen LogP contribution is 2.27. The molecule has 2 rings (SSSR count). The molecule has 0 saturated carbocycles. The molecule has 0 amide bonds. The first-order valence-electron chi connectivity index (χ1n) is 4.99. The highest BCUT2D eigenvalue weighted by Gasteiger charge is 2.16. The molecule has 0 aromatic heterocycles. The molecular formula is C10H14N4O2. The third-order valence-electron chi connectivity index (χ3n) is 2.44. The zero-order valence-corrected chi connectivity index (χ0v) is 8.72. The Morgan fingerprint density at radius 2 is 2.31 bits per heavy atom. The average Bonchev–Trinajstić information content (AvgIpc) is 2.29. The van der Waals surface area contributed by atoms with Gasteiger partial charge in [-0.3, -0.25) is 5.21 Å². The van der Waals surface area contributed by atoms with Crippen molar-refractivity contribution in [3.63, 3.8) is 0 Å². The lowest BCUT2D eigenvalue weighted by Gasteiger charge is -2.21. The van der Waals surface area contributed by atoms with E-state index < -0.39 is 0 Å². The minimum atomic E-state index is 0.0580. The smallest absolute Gasteiger partial charge is 0.0923 e. The van der Waals surface area contributed by atoms with Gasteiger partial charge in [0.05, 0.1) is 19.4 Å². The van der Waals surface area contributed by atoms with E-state index in [9.17, 15) is 5.21 Å². The van der Waals surface area contributed by atoms with E-state index in [4.69, 9.17) is 10.8 Å². The number of aliphatic hydroxyl groups excluding tert-OH is 1. The largest absolute Gasteiger partial charge is 0.398 e. The van der Waals surface area contributed by atoms with Gasteiger partial charge >= 0.3 is 0 Å². The first-order valence-corrected chi connectivity index (χ1v) is 4.99. The van der Waals surface area contributed by atoms with E-state index in [2.05, 4.69) is 10.4 Å². The van der Waals surface area contributed by atoms with E-state index in [0.717, 1.165) is 22.0 Å². The molecule has 16 heavy (non-hydrogen) atoms.